The molecule has 0 aliphatic rings. The number of hydrogen-bond donors (Lipinski definition) is 0. The fraction of sp³-hybridized carbons (Fsp3) is 0.0769. The summed E-state index contributed by atoms with van der Waals surface area (Å²) in [4.78, 5) is 12.7. The van der Waals surface area contributed by atoms with Gasteiger partial charge in [-0.3, -0.25) is 4.79 Å². The van der Waals surface area contributed by atoms with Gasteiger partial charge in [0.25, 0.3) is 5.91 Å². The Labute approximate surface area is 113 Å². The van der Waals surface area contributed by atoms with Crippen molar-refractivity contribution < 1.29 is 4.79 Å². The van der Waals surface area contributed by atoms with Crippen molar-refractivity contribution in [3.8, 4) is 0 Å². The maximum Gasteiger partial charge on any atom is 0.289 e. The molecule has 90 valence electrons. The Morgan fingerprint density at radius 1 is 1.44 bits per heavy atom. The number of rotatable bonds is 1. The van der Waals surface area contributed by atoms with Crippen LogP contribution in [0.15, 0.2) is 36.7 Å². The first-order chi connectivity index (χ1) is 8.66. The molecular formula is C13H9ClN2OS. The van der Waals surface area contributed by atoms with Crippen molar-refractivity contribution >= 4 is 38.9 Å². The van der Waals surface area contributed by atoms with Gasteiger partial charge in [0, 0.05) is 22.5 Å². The van der Waals surface area contributed by atoms with E-state index in [1.165, 1.54) is 16.0 Å². The van der Waals surface area contributed by atoms with Crippen LogP contribution in [0.5, 0.6) is 0 Å². The first kappa shape index (κ1) is 11.4. The van der Waals surface area contributed by atoms with Crippen LogP contribution in [0.3, 0.4) is 0 Å². The second-order valence-corrected chi connectivity index (χ2v) is 5.43. The lowest BCUT2D eigenvalue weighted by molar-refractivity contribution is 0.0949. The predicted molar refractivity (Wildman–Crippen MR) is 73.5 cm³/mol. The molecule has 0 radical (unpaired) electrons. The van der Waals surface area contributed by atoms with Crippen LogP contribution < -0.4 is 0 Å². The second kappa shape index (κ2) is 4.23. The van der Waals surface area contributed by atoms with Crippen molar-refractivity contribution in [3.05, 3.63) is 52.1 Å². The number of aryl methyl sites for hydroxylation is 1. The van der Waals surface area contributed by atoms with Gasteiger partial charge in [0.2, 0.25) is 0 Å². The molecule has 0 bridgehead atoms. The topological polar surface area (TPSA) is 34.9 Å². The second-order valence-electron chi connectivity index (χ2n) is 4.00. The van der Waals surface area contributed by atoms with Gasteiger partial charge in [0.15, 0.2) is 0 Å². The van der Waals surface area contributed by atoms with E-state index in [2.05, 4.69) is 5.10 Å². The average Bonchev–Trinajstić information content (AvgIpc) is 2.97. The highest BCUT2D eigenvalue weighted by Gasteiger charge is 2.18. The van der Waals surface area contributed by atoms with Gasteiger partial charge in [-0.2, -0.15) is 5.10 Å². The number of nitrogens with zero attached hydrogens (tertiary/aromatic N) is 2. The molecule has 2 heterocycles. The van der Waals surface area contributed by atoms with Gasteiger partial charge < -0.3 is 0 Å². The van der Waals surface area contributed by atoms with Gasteiger partial charge in [-0.25, -0.2) is 4.68 Å². The minimum Gasteiger partial charge on any atom is -0.266 e. The molecule has 18 heavy (non-hydrogen) atoms. The minimum atomic E-state index is -0.191. The molecule has 1 aromatic carbocycles. The van der Waals surface area contributed by atoms with Crippen molar-refractivity contribution in [3.63, 3.8) is 0 Å². The van der Waals surface area contributed by atoms with Crippen molar-refractivity contribution in [1.82, 2.24) is 9.78 Å². The normalized spacial score (nSPS) is 11.0. The van der Waals surface area contributed by atoms with E-state index in [4.69, 9.17) is 11.6 Å². The van der Waals surface area contributed by atoms with Crippen LogP contribution in [0.25, 0.3) is 10.1 Å². The van der Waals surface area contributed by atoms with Crippen molar-refractivity contribution in [1.29, 1.82) is 0 Å². The Kier molecular flexibility index (Phi) is 2.69. The maximum atomic E-state index is 12.2. The minimum absolute atomic E-state index is 0.191. The quantitative estimate of drug-likeness (QED) is 0.678. The molecule has 3 aromatic rings. The Morgan fingerprint density at radius 3 is 3.00 bits per heavy atom. The lowest BCUT2D eigenvalue weighted by Crippen LogP contribution is -2.10. The van der Waals surface area contributed by atoms with Gasteiger partial charge in [-0.15, -0.1) is 11.3 Å². The molecule has 0 atom stereocenters. The van der Waals surface area contributed by atoms with Gasteiger partial charge in [0.1, 0.15) is 4.88 Å². The molecule has 0 aliphatic heterocycles. The third kappa shape index (κ3) is 1.74. The summed E-state index contributed by atoms with van der Waals surface area (Å²) >= 11 is 7.67. The third-order valence-corrected chi connectivity index (χ3v) is 4.34. The maximum absolute atomic E-state index is 12.2. The standard InChI is InChI=1S/C13H9ClN2OS/c1-8-3-4-9-10(7-8)18-12(11(9)14)13(17)16-6-2-5-15-16/h2-7H,1H3. The Balaban J connectivity index is 2.18. The smallest absolute Gasteiger partial charge is 0.266 e. The zero-order valence-corrected chi connectivity index (χ0v) is 11.1. The number of thiophene rings is 1. The predicted octanol–water partition coefficient (Wildman–Crippen LogP) is 3.75. The number of fused-ring (bicyclic) bond motifs is 1. The number of carbonyl (C=O) groups is 1. The Hall–Kier alpha value is -1.65. The molecule has 3 nitrogen and oxygen atoms in total. The van der Waals surface area contributed by atoms with Crippen LogP contribution in [0, 0.1) is 6.92 Å². The molecule has 2 aromatic heterocycles. The summed E-state index contributed by atoms with van der Waals surface area (Å²) in [6.07, 6.45) is 3.19. The molecular weight excluding hydrogens is 268 g/mol. The molecule has 0 spiro atoms. The first-order valence-corrected chi connectivity index (χ1v) is 6.59. The molecule has 0 saturated carbocycles. The zero-order chi connectivity index (χ0) is 12.7. The molecule has 0 aliphatic carbocycles. The van der Waals surface area contributed by atoms with Crippen molar-refractivity contribution in [2.75, 3.05) is 0 Å². The summed E-state index contributed by atoms with van der Waals surface area (Å²) in [5.74, 6) is -0.191. The van der Waals surface area contributed by atoms with Crippen LogP contribution in [0.4, 0.5) is 0 Å². The number of hydrogen-bond acceptors (Lipinski definition) is 3. The van der Waals surface area contributed by atoms with E-state index in [0.29, 0.717) is 9.90 Å². The largest absolute Gasteiger partial charge is 0.289 e. The summed E-state index contributed by atoms with van der Waals surface area (Å²) in [6.45, 7) is 2.02. The fourth-order valence-electron chi connectivity index (χ4n) is 1.80. The lowest BCUT2D eigenvalue weighted by atomic mass is 10.2. The van der Waals surface area contributed by atoms with Gasteiger partial charge in [0.05, 0.1) is 5.02 Å². The zero-order valence-electron chi connectivity index (χ0n) is 9.55. The highest BCUT2D eigenvalue weighted by atomic mass is 35.5. The summed E-state index contributed by atoms with van der Waals surface area (Å²) in [5.41, 5.74) is 1.15. The van der Waals surface area contributed by atoms with E-state index in [1.807, 2.05) is 25.1 Å². The molecule has 0 N–H and O–H groups in total. The molecule has 0 amide bonds. The van der Waals surface area contributed by atoms with Crippen LogP contribution >= 0.6 is 22.9 Å². The van der Waals surface area contributed by atoms with Crippen molar-refractivity contribution in [2.45, 2.75) is 6.92 Å². The highest BCUT2D eigenvalue weighted by molar-refractivity contribution is 7.21. The third-order valence-electron chi connectivity index (χ3n) is 2.69. The van der Waals surface area contributed by atoms with E-state index in [1.54, 1.807) is 18.5 Å². The van der Waals surface area contributed by atoms with E-state index in [9.17, 15) is 4.79 Å². The number of aromatic nitrogens is 2. The SMILES string of the molecule is Cc1ccc2c(Cl)c(C(=O)n3cccn3)sc2c1. The lowest BCUT2D eigenvalue weighted by Gasteiger charge is -1.97. The number of carbonyl (C=O) groups excluding carboxylic acids is 1. The van der Waals surface area contributed by atoms with E-state index in [-0.39, 0.29) is 5.91 Å². The number of benzene rings is 1. The Morgan fingerprint density at radius 2 is 2.28 bits per heavy atom. The summed E-state index contributed by atoms with van der Waals surface area (Å²) in [6, 6.07) is 7.68. The van der Waals surface area contributed by atoms with Crippen LogP contribution in [-0.4, -0.2) is 15.7 Å². The number of halogens is 1. The van der Waals surface area contributed by atoms with Gasteiger partial charge in [-0.05, 0) is 24.6 Å². The van der Waals surface area contributed by atoms with Crippen LogP contribution in [-0.2, 0) is 0 Å². The summed E-state index contributed by atoms with van der Waals surface area (Å²) in [5, 5.41) is 5.37. The molecule has 5 heteroatoms. The van der Waals surface area contributed by atoms with E-state index in [0.717, 1.165) is 15.6 Å². The van der Waals surface area contributed by atoms with Crippen LogP contribution in [0.2, 0.25) is 5.02 Å². The molecule has 3 rings (SSSR count). The molecule has 0 fully saturated rings. The highest BCUT2D eigenvalue weighted by Crippen LogP contribution is 2.36. The fourth-order valence-corrected chi connectivity index (χ4v) is 3.35. The molecule has 0 unspecified atom stereocenters. The van der Waals surface area contributed by atoms with Crippen LogP contribution in [0.1, 0.15) is 15.2 Å². The van der Waals surface area contributed by atoms with E-state index >= 15 is 0 Å². The van der Waals surface area contributed by atoms with Gasteiger partial charge in [-0.1, -0.05) is 23.7 Å². The summed E-state index contributed by atoms with van der Waals surface area (Å²) in [7, 11) is 0. The van der Waals surface area contributed by atoms with E-state index < -0.39 is 0 Å². The summed E-state index contributed by atoms with van der Waals surface area (Å²) < 4.78 is 2.32. The van der Waals surface area contributed by atoms with Crippen molar-refractivity contribution in [2.24, 2.45) is 0 Å². The first-order valence-electron chi connectivity index (χ1n) is 5.40. The Bertz CT molecular complexity index is 731. The van der Waals surface area contributed by atoms with Gasteiger partial charge >= 0.3 is 0 Å². The average molecular weight is 277 g/mol. The molecule has 0 saturated heterocycles. The monoisotopic (exact) mass is 276 g/mol.